The Bertz CT molecular complexity index is 931. The number of allylic oxidation sites excluding steroid dienone is 1. The molecule has 0 saturated carbocycles. The van der Waals surface area contributed by atoms with Crippen LogP contribution in [-0.2, 0) is 4.79 Å². The van der Waals surface area contributed by atoms with E-state index in [-0.39, 0.29) is 5.91 Å². The molecule has 1 N–H and O–H groups in total. The number of carbonyl (C=O) groups is 2. The number of aromatic nitrogens is 2. The molecule has 1 saturated heterocycles. The summed E-state index contributed by atoms with van der Waals surface area (Å²) in [6, 6.07) is 0. The molecular formula is C21H27N5O2S. The van der Waals surface area contributed by atoms with Gasteiger partial charge in [-0.05, 0) is 44.6 Å². The molecule has 1 aliphatic heterocycles. The van der Waals surface area contributed by atoms with E-state index in [0.717, 1.165) is 45.9 Å². The molecule has 3 heterocycles. The van der Waals surface area contributed by atoms with Crippen molar-refractivity contribution in [2.24, 2.45) is 0 Å². The van der Waals surface area contributed by atoms with Crippen molar-refractivity contribution in [3.05, 3.63) is 28.4 Å². The number of thiophene rings is 1. The highest BCUT2D eigenvalue weighted by Gasteiger charge is 2.26. The molecule has 154 valence electrons. The van der Waals surface area contributed by atoms with E-state index in [2.05, 4.69) is 21.4 Å². The van der Waals surface area contributed by atoms with E-state index in [1.54, 1.807) is 11.2 Å². The van der Waals surface area contributed by atoms with Crippen molar-refractivity contribution in [3.63, 3.8) is 0 Å². The van der Waals surface area contributed by atoms with E-state index in [1.165, 1.54) is 42.6 Å². The quantitative estimate of drug-likeness (QED) is 0.581. The van der Waals surface area contributed by atoms with E-state index in [0.29, 0.717) is 26.2 Å². The van der Waals surface area contributed by atoms with E-state index < -0.39 is 0 Å². The molecule has 0 unspecified atom stereocenters. The van der Waals surface area contributed by atoms with Crippen molar-refractivity contribution in [1.82, 2.24) is 19.8 Å². The van der Waals surface area contributed by atoms with Crippen LogP contribution in [0.4, 0.5) is 5.82 Å². The summed E-state index contributed by atoms with van der Waals surface area (Å²) < 4.78 is 0. The van der Waals surface area contributed by atoms with Gasteiger partial charge in [0.1, 0.15) is 17.0 Å². The first-order valence-corrected chi connectivity index (χ1v) is 11.1. The molecule has 0 atom stereocenters. The Morgan fingerprint density at radius 3 is 2.79 bits per heavy atom. The monoisotopic (exact) mass is 413 g/mol. The van der Waals surface area contributed by atoms with Crippen LogP contribution in [0.1, 0.15) is 47.3 Å². The van der Waals surface area contributed by atoms with Crippen LogP contribution in [0.3, 0.4) is 0 Å². The first-order valence-electron chi connectivity index (χ1n) is 10.3. The van der Waals surface area contributed by atoms with E-state index in [4.69, 9.17) is 0 Å². The molecule has 2 aromatic rings. The zero-order valence-corrected chi connectivity index (χ0v) is 17.6. The summed E-state index contributed by atoms with van der Waals surface area (Å²) in [5.74, 6) is 0.833. The molecule has 2 amide bonds. The highest BCUT2D eigenvalue weighted by molar-refractivity contribution is 7.20. The van der Waals surface area contributed by atoms with Gasteiger partial charge in [-0.15, -0.1) is 11.3 Å². The summed E-state index contributed by atoms with van der Waals surface area (Å²) >= 11 is 1.43. The predicted octanol–water partition coefficient (Wildman–Crippen LogP) is 3.22. The smallest absolute Gasteiger partial charge is 0.264 e. The number of nitrogens with one attached hydrogen (secondary N) is 1. The van der Waals surface area contributed by atoms with Gasteiger partial charge in [-0.3, -0.25) is 9.59 Å². The molecule has 0 spiro atoms. The average Bonchev–Trinajstić information content (AvgIpc) is 3.11. The van der Waals surface area contributed by atoms with Crippen molar-refractivity contribution in [3.8, 4) is 0 Å². The fraction of sp³-hybridized carbons (Fsp3) is 0.524. The van der Waals surface area contributed by atoms with Crippen LogP contribution in [0.25, 0.3) is 10.2 Å². The van der Waals surface area contributed by atoms with Crippen LogP contribution in [0.15, 0.2) is 18.0 Å². The third-order valence-corrected chi connectivity index (χ3v) is 6.98. The molecule has 2 aromatic heterocycles. The molecule has 7 nitrogen and oxygen atoms in total. The lowest BCUT2D eigenvalue weighted by Gasteiger charge is -2.32. The molecule has 8 heteroatoms. The van der Waals surface area contributed by atoms with Crippen LogP contribution >= 0.6 is 11.3 Å². The van der Waals surface area contributed by atoms with Gasteiger partial charge in [0.05, 0.1) is 10.3 Å². The van der Waals surface area contributed by atoms with Crippen molar-refractivity contribution >= 4 is 39.7 Å². The lowest BCUT2D eigenvalue weighted by molar-refractivity contribution is -0.119. The molecule has 0 radical (unpaired) electrons. The standard InChI is InChI=1S/C21H27N5O2S/c1-15-17-19(22-8-7-16-5-3-2-4-6-16)23-13-24-20(17)29-18(15)21(28)26-11-9-25(14-27)10-12-26/h5,13-14H,2-4,6-12H2,1H3,(H,22,23,24). The van der Waals surface area contributed by atoms with Crippen molar-refractivity contribution in [2.75, 3.05) is 38.0 Å². The molecule has 0 aromatic carbocycles. The number of aryl methyl sites for hydroxylation is 1. The van der Waals surface area contributed by atoms with Crippen LogP contribution in [0, 0.1) is 6.92 Å². The van der Waals surface area contributed by atoms with Crippen LogP contribution in [0.2, 0.25) is 0 Å². The minimum absolute atomic E-state index is 0.0226. The maximum absolute atomic E-state index is 13.1. The van der Waals surface area contributed by atoms with Crippen LogP contribution < -0.4 is 5.32 Å². The largest absolute Gasteiger partial charge is 0.369 e. The number of amides is 2. The van der Waals surface area contributed by atoms with Gasteiger partial charge in [0, 0.05) is 32.7 Å². The number of hydrogen-bond donors (Lipinski definition) is 1. The maximum atomic E-state index is 13.1. The number of piperazine rings is 1. The normalized spacial score (nSPS) is 17.3. The zero-order chi connectivity index (χ0) is 20.2. The van der Waals surface area contributed by atoms with E-state index >= 15 is 0 Å². The van der Waals surface area contributed by atoms with Crippen LogP contribution in [0.5, 0.6) is 0 Å². The zero-order valence-electron chi connectivity index (χ0n) is 16.8. The Balaban J connectivity index is 1.49. The van der Waals surface area contributed by atoms with Crippen molar-refractivity contribution in [1.29, 1.82) is 0 Å². The number of nitrogens with zero attached hydrogens (tertiary/aromatic N) is 4. The second kappa shape index (κ2) is 8.90. The summed E-state index contributed by atoms with van der Waals surface area (Å²) in [7, 11) is 0. The third kappa shape index (κ3) is 4.27. The van der Waals surface area contributed by atoms with Gasteiger partial charge in [-0.25, -0.2) is 9.97 Å². The summed E-state index contributed by atoms with van der Waals surface area (Å²) in [6.45, 7) is 5.12. The number of carbonyl (C=O) groups excluding carboxylic acids is 2. The Hall–Kier alpha value is -2.48. The molecule has 1 fully saturated rings. The second-order valence-electron chi connectivity index (χ2n) is 7.68. The van der Waals surface area contributed by atoms with Gasteiger partial charge >= 0.3 is 0 Å². The minimum atomic E-state index is 0.0226. The fourth-order valence-corrected chi connectivity index (χ4v) is 5.17. The van der Waals surface area contributed by atoms with Crippen molar-refractivity contribution in [2.45, 2.75) is 39.0 Å². The lowest BCUT2D eigenvalue weighted by atomic mass is 9.97. The molecule has 0 bridgehead atoms. The van der Waals surface area contributed by atoms with Gasteiger partial charge in [-0.1, -0.05) is 11.6 Å². The Labute approximate surface area is 174 Å². The third-order valence-electron chi connectivity index (χ3n) is 5.80. The number of anilines is 1. The lowest BCUT2D eigenvalue weighted by Crippen LogP contribution is -2.48. The second-order valence-corrected chi connectivity index (χ2v) is 8.68. The van der Waals surface area contributed by atoms with Gasteiger partial charge in [0.15, 0.2) is 0 Å². The predicted molar refractivity (Wildman–Crippen MR) is 115 cm³/mol. The van der Waals surface area contributed by atoms with Gasteiger partial charge in [-0.2, -0.15) is 0 Å². The molecule has 29 heavy (non-hydrogen) atoms. The Kier molecular flexibility index (Phi) is 6.08. The Morgan fingerprint density at radius 1 is 1.24 bits per heavy atom. The highest BCUT2D eigenvalue weighted by Crippen LogP contribution is 2.34. The number of rotatable bonds is 6. The van der Waals surface area contributed by atoms with Gasteiger partial charge < -0.3 is 15.1 Å². The van der Waals surface area contributed by atoms with E-state index in [9.17, 15) is 9.59 Å². The highest BCUT2D eigenvalue weighted by atomic mass is 32.1. The maximum Gasteiger partial charge on any atom is 0.264 e. The SMILES string of the molecule is Cc1c(C(=O)N2CCN(C=O)CC2)sc2ncnc(NCCC3=CCCCC3)c12. The summed E-state index contributed by atoms with van der Waals surface area (Å²) in [5, 5.41) is 4.41. The molecule has 2 aliphatic rings. The first-order chi connectivity index (χ1) is 14.2. The minimum Gasteiger partial charge on any atom is -0.369 e. The molecule has 1 aliphatic carbocycles. The van der Waals surface area contributed by atoms with Crippen LogP contribution in [-0.4, -0.2) is 64.8 Å². The fourth-order valence-electron chi connectivity index (χ4n) is 4.06. The first kappa shape index (κ1) is 19.8. The van der Waals surface area contributed by atoms with Gasteiger partial charge in [0.2, 0.25) is 6.41 Å². The summed E-state index contributed by atoms with van der Waals surface area (Å²) in [5.41, 5.74) is 2.47. The van der Waals surface area contributed by atoms with E-state index in [1.807, 2.05) is 11.8 Å². The number of hydrogen-bond acceptors (Lipinski definition) is 6. The van der Waals surface area contributed by atoms with Gasteiger partial charge in [0.25, 0.3) is 5.91 Å². The molecule has 4 rings (SSSR count). The summed E-state index contributed by atoms with van der Waals surface area (Å²) in [4.78, 5) is 37.9. The molecular weight excluding hydrogens is 386 g/mol. The summed E-state index contributed by atoms with van der Waals surface area (Å²) in [6.07, 6.45) is 10.8. The number of fused-ring (bicyclic) bond motifs is 1. The average molecular weight is 414 g/mol. The Morgan fingerprint density at radius 2 is 2.07 bits per heavy atom. The van der Waals surface area contributed by atoms with Crippen molar-refractivity contribution < 1.29 is 9.59 Å². The topological polar surface area (TPSA) is 78.4 Å².